The number of carbonyl (C=O) groups excluding carboxylic acids is 2. The number of nitrogens with zero attached hydrogens (tertiary/aromatic N) is 1. The maximum atomic E-state index is 11.9. The van der Waals surface area contributed by atoms with Crippen LogP contribution in [0.5, 0.6) is 0 Å². The molecule has 1 aliphatic rings. The molecule has 0 bridgehead atoms. The van der Waals surface area contributed by atoms with Crippen LogP contribution in [0.15, 0.2) is 18.2 Å². The zero-order valence-corrected chi connectivity index (χ0v) is 11.5. The lowest BCUT2D eigenvalue weighted by molar-refractivity contribution is -0.143. The third kappa shape index (κ3) is 3.45. The van der Waals surface area contributed by atoms with Crippen molar-refractivity contribution in [2.75, 3.05) is 31.5 Å². The van der Waals surface area contributed by atoms with Crippen LogP contribution >= 0.6 is 11.6 Å². The van der Waals surface area contributed by atoms with Gasteiger partial charge in [0.2, 0.25) is 0 Å². The fourth-order valence-corrected chi connectivity index (χ4v) is 2.09. The largest absolute Gasteiger partial charge is 0.332 e. The van der Waals surface area contributed by atoms with Gasteiger partial charge in [-0.2, -0.15) is 0 Å². The van der Waals surface area contributed by atoms with E-state index in [-0.39, 0.29) is 0 Å². The highest BCUT2D eigenvalue weighted by Crippen LogP contribution is 2.22. The topological polar surface area (TPSA) is 61.4 Å². The summed E-state index contributed by atoms with van der Waals surface area (Å²) in [7, 11) is 0. The van der Waals surface area contributed by atoms with E-state index < -0.39 is 11.8 Å². The number of benzene rings is 1. The molecular formula is C13H16ClN3O2. The number of carbonyl (C=O) groups is 2. The van der Waals surface area contributed by atoms with Gasteiger partial charge >= 0.3 is 11.8 Å². The van der Waals surface area contributed by atoms with Crippen molar-refractivity contribution in [1.82, 2.24) is 10.2 Å². The average Bonchev–Trinajstić information content (AvgIpc) is 2.43. The molecule has 0 saturated carbocycles. The molecule has 0 radical (unpaired) electrons. The summed E-state index contributed by atoms with van der Waals surface area (Å²) in [6, 6.07) is 5.28. The summed E-state index contributed by atoms with van der Waals surface area (Å²) in [4.78, 5) is 25.4. The zero-order valence-electron chi connectivity index (χ0n) is 10.7. The Morgan fingerprint density at radius 2 is 2.00 bits per heavy atom. The van der Waals surface area contributed by atoms with Gasteiger partial charge in [-0.1, -0.05) is 17.7 Å². The Hall–Kier alpha value is -1.59. The van der Waals surface area contributed by atoms with Crippen molar-refractivity contribution >= 4 is 29.1 Å². The maximum Gasteiger partial charge on any atom is 0.313 e. The lowest BCUT2D eigenvalue weighted by Crippen LogP contribution is -2.49. The minimum absolute atomic E-state index is 0.423. The quantitative estimate of drug-likeness (QED) is 0.756. The molecule has 0 atom stereocenters. The van der Waals surface area contributed by atoms with Crippen LogP contribution in [0.4, 0.5) is 5.69 Å². The van der Waals surface area contributed by atoms with E-state index >= 15 is 0 Å². The number of rotatable bonds is 1. The third-order valence-electron chi connectivity index (χ3n) is 2.97. The van der Waals surface area contributed by atoms with Gasteiger partial charge in [0.25, 0.3) is 0 Å². The van der Waals surface area contributed by atoms with Gasteiger partial charge in [0.15, 0.2) is 0 Å². The first-order chi connectivity index (χ1) is 9.08. The molecule has 1 fully saturated rings. The molecule has 0 aromatic heterocycles. The molecule has 2 rings (SSSR count). The smallest absolute Gasteiger partial charge is 0.313 e. The number of piperazine rings is 1. The highest BCUT2D eigenvalue weighted by atomic mass is 35.5. The number of amides is 2. The SMILES string of the molecule is Cc1ccc(Cl)c(NC(=O)C(=O)N2CCNCC2)c1. The number of aryl methyl sites for hydroxylation is 1. The van der Waals surface area contributed by atoms with E-state index in [4.69, 9.17) is 11.6 Å². The zero-order chi connectivity index (χ0) is 13.8. The van der Waals surface area contributed by atoms with Crippen LogP contribution in [-0.4, -0.2) is 42.9 Å². The Balaban J connectivity index is 2.03. The van der Waals surface area contributed by atoms with Crippen LogP contribution in [0.25, 0.3) is 0 Å². The minimum atomic E-state index is -0.644. The van der Waals surface area contributed by atoms with E-state index in [0.29, 0.717) is 36.9 Å². The van der Waals surface area contributed by atoms with E-state index in [2.05, 4.69) is 10.6 Å². The van der Waals surface area contributed by atoms with Crippen molar-refractivity contribution in [3.63, 3.8) is 0 Å². The van der Waals surface area contributed by atoms with Crippen LogP contribution in [-0.2, 0) is 9.59 Å². The fourth-order valence-electron chi connectivity index (χ4n) is 1.92. The Morgan fingerprint density at radius 3 is 2.68 bits per heavy atom. The van der Waals surface area contributed by atoms with Gasteiger partial charge in [0.1, 0.15) is 0 Å². The molecule has 0 spiro atoms. The summed E-state index contributed by atoms with van der Waals surface area (Å²) in [5.74, 6) is -1.16. The second-order valence-corrected chi connectivity index (χ2v) is 4.89. The normalized spacial score (nSPS) is 15.2. The van der Waals surface area contributed by atoms with Crippen molar-refractivity contribution in [3.8, 4) is 0 Å². The van der Waals surface area contributed by atoms with Gasteiger partial charge in [-0.3, -0.25) is 9.59 Å². The Bertz CT molecular complexity index is 499. The lowest BCUT2D eigenvalue weighted by Gasteiger charge is -2.26. The van der Waals surface area contributed by atoms with Gasteiger partial charge in [0.05, 0.1) is 10.7 Å². The lowest BCUT2D eigenvalue weighted by atomic mass is 10.2. The highest BCUT2D eigenvalue weighted by molar-refractivity contribution is 6.41. The van der Waals surface area contributed by atoms with Crippen LogP contribution in [0, 0.1) is 6.92 Å². The Kier molecular flexibility index (Phi) is 4.39. The molecular weight excluding hydrogens is 266 g/mol. The first-order valence-corrected chi connectivity index (χ1v) is 6.53. The summed E-state index contributed by atoms with van der Waals surface area (Å²) < 4.78 is 0. The molecule has 0 unspecified atom stereocenters. The number of nitrogens with one attached hydrogen (secondary N) is 2. The number of anilines is 1. The Labute approximate surface area is 116 Å². The van der Waals surface area contributed by atoms with Crippen LogP contribution in [0.2, 0.25) is 5.02 Å². The fraction of sp³-hybridized carbons (Fsp3) is 0.385. The van der Waals surface area contributed by atoms with E-state index in [0.717, 1.165) is 5.56 Å². The van der Waals surface area contributed by atoms with Crippen molar-refractivity contribution in [2.24, 2.45) is 0 Å². The van der Waals surface area contributed by atoms with Crippen LogP contribution in [0.3, 0.4) is 0 Å². The van der Waals surface area contributed by atoms with Crippen molar-refractivity contribution in [1.29, 1.82) is 0 Å². The molecule has 6 heteroatoms. The van der Waals surface area contributed by atoms with Crippen molar-refractivity contribution in [2.45, 2.75) is 6.92 Å². The molecule has 1 aliphatic heterocycles. The van der Waals surface area contributed by atoms with E-state index in [1.54, 1.807) is 12.1 Å². The molecule has 1 saturated heterocycles. The molecule has 1 heterocycles. The molecule has 0 aliphatic carbocycles. The highest BCUT2D eigenvalue weighted by Gasteiger charge is 2.23. The van der Waals surface area contributed by atoms with Gasteiger partial charge in [-0.05, 0) is 24.6 Å². The van der Waals surface area contributed by atoms with Crippen LogP contribution in [0.1, 0.15) is 5.56 Å². The molecule has 1 aromatic carbocycles. The Morgan fingerprint density at radius 1 is 1.32 bits per heavy atom. The number of halogens is 1. The van der Waals surface area contributed by atoms with Crippen molar-refractivity contribution in [3.05, 3.63) is 28.8 Å². The minimum Gasteiger partial charge on any atom is -0.332 e. The average molecular weight is 282 g/mol. The summed E-state index contributed by atoms with van der Waals surface area (Å²) >= 11 is 5.98. The molecule has 5 nitrogen and oxygen atoms in total. The maximum absolute atomic E-state index is 11.9. The van der Waals surface area contributed by atoms with E-state index in [9.17, 15) is 9.59 Å². The molecule has 1 aromatic rings. The summed E-state index contributed by atoms with van der Waals surface area (Å²) in [5, 5.41) is 6.12. The van der Waals surface area contributed by atoms with E-state index in [1.807, 2.05) is 13.0 Å². The van der Waals surface area contributed by atoms with Crippen molar-refractivity contribution < 1.29 is 9.59 Å². The first-order valence-electron chi connectivity index (χ1n) is 6.15. The van der Waals surface area contributed by atoms with Gasteiger partial charge in [-0.25, -0.2) is 0 Å². The second-order valence-electron chi connectivity index (χ2n) is 4.48. The molecule has 2 amide bonds. The summed E-state index contributed by atoms with van der Waals surface area (Å²) in [5.41, 5.74) is 1.43. The molecule has 2 N–H and O–H groups in total. The van der Waals surface area contributed by atoms with Gasteiger partial charge in [0, 0.05) is 26.2 Å². The first kappa shape index (κ1) is 13.8. The number of hydrogen-bond donors (Lipinski definition) is 2. The van der Waals surface area contributed by atoms with Gasteiger partial charge in [-0.15, -0.1) is 0 Å². The molecule has 102 valence electrons. The third-order valence-corrected chi connectivity index (χ3v) is 3.30. The van der Waals surface area contributed by atoms with Gasteiger partial charge < -0.3 is 15.5 Å². The summed E-state index contributed by atoms with van der Waals surface area (Å²) in [6.45, 7) is 4.42. The van der Waals surface area contributed by atoms with E-state index in [1.165, 1.54) is 4.90 Å². The predicted octanol–water partition coefficient (Wildman–Crippen LogP) is 1.02. The predicted molar refractivity (Wildman–Crippen MR) is 74.3 cm³/mol. The second kappa shape index (κ2) is 6.04. The number of hydrogen-bond acceptors (Lipinski definition) is 3. The van der Waals surface area contributed by atoms with Crippen LogP contribution < -0.4 is 10.6 Å². The molecule has 19 heavy (non-hydrogen) atoms. The summed E-state index contributed by atoms with van der Waals surface area (Å²) in [6.07, 6.45) is 0. The standard InChI is InChI=1S/C13H16ClN3O2/c1-9-2-3-10(14)11(8-9)16-12(18)13(19)17-6-4-15-5-7-17/h2-3,8,15H,4-7H2,1H3,(H,16,18). The monoisotopic (exact) mass is 281 g/mol.